The number of hydrogen-bond donors (Lipinski definition) is 2. The zero-order valence-corrected chi connectivity index (χ0v) is 12.2. The number of nitrogens with two attached hydrogens (primary N) is 1. The van der Waals surface area contributed by atoms with Gasteiger partial charge in [0.15, 0.2) is 0 Å². The Morgan fingerprint density at radius 1 is 1.29 bits per heavy atom. The van der Waals surface area contributed by atoms with Crippen molar-refractivity contribution in [2.45, 2.75) is 24.8 Å². The SMILES string of the molecule is CC(C)n1nccc1NS(=O)(=O)c1cc(N)c(F)cc1F. The highest BCUT2D eigenvalue weighted by atomic mass is 32.2. The van der Waals surface area contributed by atoms with Gasteiger partial charge in [-0.25, -0.2) is 21.9 Å². The zero-order chi connectivity index (χ0) is 15.8. The number of hydrogen-bond acceptors (Lipinski definition) is 4. The molecule has 0 aliphatic carbocycles. The Labute approximate surface area is 120 Å². The third-order valence-corrected chi connectivity index (χ3v) is 4.11. The summed E-state index contributed by atoms with van der Waals surface area (Å²) in [6.45, 7) is 3.61. The molecule has 9 heteroatoms. The summed E-state index contributed by atoms with van der Waals surface area (Å²) in [7, 11) is -4.24. The van der Waals surface area contributed by atoms with E-state index in [0.717, 1.165) is 6.07 Å². The largest absolute Gasteiger partial charge is 0.396 e. The molecule has 114 valence electrons. The maximum atomic E-state index is 13.7. The van der Waals surface area contributed by atoms with E-state index in [1.165, 1.54) is 16.9 Å². The van der Waals surface area contributed by atoms with E-state index in [0.29, 0.717) is 6.07 Å². The van der Waals surface area contributed by atoms with Gasteiger partial charge in [0.05, 0.1) is 11.9 Å². The highest BCUT2D eigenvalue weighted by molar-refractivity contribution is 7.92. The second-order valence-electron chi connectivity index (χ2n) is 4.66. The number of anilines is 2. The molecule has 0 atom stereocenters. The van der Waals surface area contributed by atoms with Crippen LogP contribution in [-0.4, -0.2) is 18.2 Å². The first kappa shape index (κ1) is 15.2. The Balaban J connectivity index is 2.44. The van der Waals surface area contributed by atoms with Gasteiger partial charge in [-0.05, 0) is 19.9 Å². The van der Waals surface area contributed by atoms with E-state index in [2.05, 4.69) is 9.82 Å². The molecule has 21 heavy (non-hydrogen) atoms. The van der Waals surface area contributed by atoms with E-state index in [9.17, 15) is 17.2 Å². The lowest BCUT2D eigenvalue weighted by molar-refractivity contribution is 0.537. The van der Waals surface area contributed by atoms with Gasteiger partial charge in [0.2, 0.25) is 0 Å². The van der Waals surface area contributed by atoms with Crippen molar-refractivity contribution in [2.24, 2.45) is 0 Å². The third-order valence-electron chi connectivity index (χ3n) is 2.74. The van der Waals surface area contributed by atoms with Crippen LogP contribution in [0.15, 0.2) is 29.3 Å². The monoisotopic (exact) mass is 316 g/mol. The van der Waals surface area contributed by atoms with Gasteiger partial charge in [-0.3, -0.25) is 4.72 Å². The van der Waals surface area contributed by atoms with Crippen LogP contribution in [0.2, 0.25) is 0 Å². The average molecular weight is 316 g/mol. The van der Waals surface area contributed by atoms with Crippen LogP contribution in [0.3, 0.4) is 0 Å². The Morgan fingerprint density at radius 2 is 1.95 bits per heavy atom. The van der Waals surface area contributed by atoms with Crippen LogP contribution in [0.25, 0.3) is 0 Å². The summed E-state index contributed by atoms with van der Waals surface area (Å²) in [5.41, 5.74) is 4.84. The minimum Gasteiger partial charge on any atom is -0.396 e. The fourth-order valence-corrected chi connectivity index (χ4v) is 2.89. The van der Waals surface area contributed by atoms with Gasteiger partial charge < -0.3 is 5.73 Å². The summed E-state index contributed by atoms with van der Waals surface area (Å²) in [6.07, 6.45) is 1.41. The highest BCUT2D eigenvalue weighted by Crippen LogP contribution is 2.24. The smallest absolute Gasteiger partial charge is 0.266 e. The zero-order valence-electron chi connectivity index (χ0n) is 11.3. The first-order chi connectivity index (χ1) is 9.72. The van der Waals surface area contributed by atoms with Crippen molar-refractivity contribution in [3.8, 4) is 0 Å². The molecule has 0 bridgehead atoms. The summed E-state index contributed by atoms with van der Waals surface area (Å²) in [4.78, 5) is -0.724. The molecule has 0 saturated carbocycles. The Hall–Kier alpha value is -2.16. The van der Waals surface area contributed by atoms with Crippen LogP contribution < -0.4 is 10.5 Å². The molecule has 0 aliphatic heterocycles. The molecule has 0 radical (unpaired) electrons. The summed E-state index contributed by atoms with van der Waals surface area (Å²) >= 11 is 0. The van der Waals surface area contributed by atoms with Crippen LogP contribution in [-0.2, 0) is 10.0 Å². The van der Waals surface area contributed by atoms with E-state index in [1.807, 2.05) is 0 Å². The Bertz CT molecular complexity index is 772. The standard InChI is InChI=1S/C12H14F2N4O2S/c1-7(2)18-12(3-4-16-18)17-21(19,20)11-6-10(15)8(13)5-9(11)14/h3-7,17H,15H2,1-2H3. The molecular weight excluding hydrogens is 302 g/mol. The van der Waals surface area contributed by atoms with Crippen LogP contribution in [0.1, 0.15) is 19.9 Å². The number of aromatic nitrogens is 2. The number of nitrogens with zero attached hydrogens (tertiary/aromatic N) is 2. The normalized spacial score (nSPS) is 11.9. The summed E-state index contributed by atoms with van der Waals surface area (Å²) < 4.78 is 54.8. The van der Waals surface area contributed by atoms with Crippen LogP contribution in [0, 0.1) is 11.6 Å². The lowest BCUT2D eigenvalue weighted by Crippen LogP contribution is -2.19. The molecule has 0 amide bonds. The summed E-state index contributed by atoms with van der Waals surface area (Å²) in [5, 5.41) is 3.96. The van der Waals surface area contributed by atoms with Gasteiger partial charge in [0.1, 0.15) is 22.3 Å². The molecule has 0 unspecified atom stereocenters. The molecule has 2 aromatic rings. The molecule has 0 aliphatic rings. The topological polar surface area (TPSA) is 90.0 Å². The fourth-order valence-electron chi connectivity index (χ4n) is 1.75. The molecule has 1 aromatic heterocycles. The molecule has 1 heterocycles. The van der Waals surface area contributed by atoms with Crippen molar-refractivity contribution in [1.29, 1.82) is 0 Å². The highest BCUT2D eigenvalue weighted by Gasteiger charge is 2.23. The van der Waals surface area contributed by atoms with Crippen molar-refractivity contribution in [2.75, 3.05) is 10.5 Å². The fraction of sp³-hybridized carbons (Fsp3) is 0.250. The number of nitrogen functional groups attached to an aromatic ring is 1. The first-order valence-electron chi connectivity index (χ1n) is 6.03. The lowest BCUT2D eigenvalue weighted by Gasteiger charge is -2.13. The van der Waals surface area contributed by atoms with Gasteiger partial charge in [0.25, 0.3) is 10.0 Å². The molecule has 0 spiro atoms. The molecule has 2 rings (SSSR count). The Kier molecular flexibility index (Phi) is 3.86. The van der Waals surface area contributed by atoms with Crippen molar-refractivity contribution in [3.63, 3.8) is 0 Å². The number of benzene rings is 1. The van der Waals surface area contributed by atoms with Gasteiger partial charge in [0, 0.05) is 18.2 Å². The summed E-state index contributed by atoms with van der Waals surface area (Å²) in [6, 6.07) is 2.51. The van der Waals surface area contributed by atoms with Crippen molar-refractivity contribution in [1.82, 2.24) is 9.78 Å². The van der Waals surface area contributed by atoms with E-state index in [-0.39, 0.29) is 11.9 Å². The number of nitrogens with one attached hydrogen (secondary N) is 1. The van der Waals surface area contributed by atoms with E-state index >= 15 is 0 Å². The van der Waals surface area contributed by atoms with Gasteiger partial charge in [-0.2, -0.15) is 5.10 Å². The molecular formula is C12H14F2N4O2S. The lowest BCUT2D eigenvalue weighted by atomic mass is 10.3. The Morgan fingerprint density at radius 3 is 2.57 bits per heavy atom. The first-order valence-corrected chi connectivity index (χ1v) is 7.51. The van der Waals surface area contributed by atoms with Crippen LogP contribution in [0.5, 0.6) is 0 Å². The minimum atomic E-state index is -4.24. The number of rotatable bonds is 4. The average Bonchev–Trinajstić information content (AvgIpc) is 2.81. The maximum Gasteiger partial charge on any atom is 0.266 e. The van der Waals surface area contributed by atoms with Crippen LogP contribution in [0.4, 0.5) is 20.3 Å². The number of halogens is 2. The molecule has 1 aromatic carbocycles. The van der Waals surface area contributed by atoms with Crippen molar-refractivity contribution < 1.29 is 17.2 Å². The minimum absolute atomic E-state index is 0.0964. The second kappa shape index (κ2) is 5.32. The van der Waals surface area contributed by atoms with Gasteiger partial charge in [-0.1, -0.05) is 0 Å². The van der Waals surface area contributed by atoms with Crippen molar-refractivity contribution >= 4 is 21.5 Å². The van der Waals surface area contributed by atoms with Gasteiger partial charge in [-0.15, -0.1) is 0 Å². The molecule has 0 fully saturated rings. The third kappa shape index (κ3) is 2.97. The van der Waals surface area contributed by atoms with E-state index in [4.69, 9.17) is 5.73 Å². The molecule has 0 saturated heterocycles. The van der Waals surface area contributed by atoms with E-state index in [1.54, 1.807) is 13.8 Å². The quantitative estimate of drug-likeness (QED) is 0.846. The van der Waals surface area contributed by atoms with Crippen LogP contribution >= 0.6 is 0 Å². The summed E-state index contributed by atoms with van der Waals surface area (Å²) in [5.74, 6) is -2.06. The van der Waals surface area contributed by atoms with Gasteiger partial charge >= 0.3 is 0 Å². The van der Waals surface area contributed by atoms with E-state index < -0.39 is 32.2 Å². The second-order valence-corrected chi connectivity index (χ2v) is 6.32. The maximum absolute atomic E-state index is 13.7. The predicted octanol–water partition coefficient (Wildman–Crippen LogP) is 2.13. The number of sulfonamides is 1. The molecule has 6 nitrogen and oxygen atoms in total. The van der Waals surface area contributed by atoms with Crippen molar-refractivity contribution in [3.05, 3.63) is 36.0 Å². The molecule has 3 N–H and O–H groups in total. The predicted molar refractivity (Wildman–Crippen MR) is 74.2 cm³/mol.